The lowest BCUT2D eigenvalue weighted by atomic mass is 9.82. The second kappa shape index (κ2) is 12.1. The van der Waals surface area contributed by atoms with E-state index < -0.39 is 136 Å². The fourth-order valence-corrected chi connectivity index (χ4v) is 6.62. The molecule has 1 nitrogen and oxygen atoms in total. The van der Waals surface area contributed by atoms with Gasteiger partial charge >= 0.3 is 0 Å². The van der Waals surface area contributed by atoms with Gasteiger partial charge in [0.25, 0.3) is 0 Å². The van der Waals surface area contributed by atoms with Crippen LogP contribution in [-0.2, 0) is 5.41 Å². The molecule has 0 heterocycles. The summed E-state index contributed by atoms with van der Waals surface area (Å²) in [7, 11) is 0. The van der Waals surface area contributed by atoms with Crippen LogP contribution < -0.4 is 4.90 Å². The van der Waals surface area contributed by atoms with Crippen molar-refractivity contribution in [3.63, 3.8) is 0 Å². The lowest BCUT2D eigenvalue weighted by Gasteiger charge is -2.28. The van der Waals surface area contributed by atoms with Crippen LogP contribution in [-0.4, -0.2) is 0 Å². The van der Waals surface area contributed by atoms with Crippen LogP contribution >= 0.6 is 0 Å². The monoisotopic (exact) mass is 656 g/mol. The van der Waals surface area contributed by atoms with Crippen molar-refractivity contribution in [2.45, 2.75) is 19.3 Å². The highest BCUT2D eigenvalue weighted by Gasteiger charge is 2.35. The Morgan fingerprint density at radius 1 is 0.420 bits per heavy atom. The average molecular weight is 657 g/mol. The fraction of sp³-hybridized carbons (Fsp3) is 0.0612. The van der Waals surface area contributed by atoms with Crippen molar-refractivity contribution in [3.05, 3.63) is 199 Å². The van der Waals surface area contributed by atoms with Crippen LogP contribution in [0.2, 0.25) is 0 Å². The molecule has 0 radical (unpaired) electrons. The first-order valence-corrected chi connectivity index (χ1v) is 16.1. The van der Waals surface area contributed by atoms with Gasteiger partial charge in [-0.1, -0.05) is 159 Å². The zero-order chi connectivity index (χ0) is 48.5. The lowest BCUT2D eigenvalue weighted by Crippen LogP contribution is -2.16. The van der Waals surface area contributed by atoms with E-state index >= 15 is 0 Å². The summed E-state index contributed by atoms with van der Waals surface area (Å²) in [5.41, 5.74) is 0.372. The van der Waals surface area contributed by atoms with Gasteiger partial charge in [-0.15, -0.1) is 0 Å². The summed E-state index contributed by atoms with van der Waals surface area (Å²) >= 11 is 0. The van der Waals surface area contributed by atoms with Crippen molar-refractivity contribution in [3.8, 4) is 44.5 Å². The molecule has 0 amide bonds. The fourth-order valence-electron chi connectivity index (χ4n) is 6.62. The van der Waals surface area contributed by atoms with Gasteiger partial charge in [-0.25, -0.2) is 0 Å². The van der Waals surface area contributed by atoms with Crippen LogP contribution in [0.4, 0.5) is 17.1 Å². The molecular formula is C49H37N. The highest BCUT2D eigenvalue weighted by Crippen LogP contribution is 2.50. The molecule has 1 heteroatoms. The topological polar surface area (TPSA) is 3.24 Å². The minimum absolute atomic E-state index is 0.0182. The number of benzene rings is 8. The van der Waals surface area contributed by atoms with Crippen molar-refractivity contribution >= 4 is 27.8 Å². The molecule has 0 bridgehead atoms. The average Bonchev–Trinajstić information content (AvgIpc) is 3.54. The van der Waals surface area contributed by atoms with Crippen molar-refractivity contribution < 1.29 is 23.3 Å². The molecule has 0 aliphatic heterocycles. The number of rotatable bonds is 6. The zero-order valence-electron chi connectivity index (χ0n) is 44.0. The predicted octanol–water partition coefficient (Wildman–Crippen LogP) is 13.6. The quantitative estimate of drug-likeness (QED) is 0.172. The van der Waals surface area contributed by atoms with Crippen LogP contribution in [0.15, 0.2) is 188 Å². The third-order valence-electron chi connectivity index (χ3n) is 9.16. The van der Waals surface area contributed by atoms with E-state index in [9.17, 15) is 8.22 Å². The first-order valence-electron chi connectivity index (χ1n) is 24.6. The molecule has 0 aromatic heterocycles. The molecule has 0 N–H and O–H groups in total. The molecule has 50 heavy (non-hydrogen) atoms. The summed E-state index contributed by atoms with van der Waals surface area (Å²) < 4.78 is 153. The van der Waals surface area contributed by atoms with Crippen LogP contribution in [0, 0.1) is 0 Å². The Labute approximate surface area is 318 Å². The molecule has 1 aliphatic carbocycles. The number of nitrogens with zero attached hydrogens (tertiary/aromatic N) is 1. The summed E-state index contributed by atoms with van der Waals surface area (Å²) in [6, 6.07) is 13.5. The predicted molar refractivity (Wildman–Crippen MR) is 213 cm³/mol. The van der Waals surface area contributed by atoms with Gasteiger partial charge < -0.3 is 4.90 Å². The van der Waals surface area contributed by atoms with E-state index in [-0.39, 0.29) is 16.9 Å². The highest BCUT2D eigenvalue weighted by molar-refractivity contribution is 5.90. The Morgan fingerprint density at radius 3 is 1.80 bits per heavy atom. The third-order valence-corrected chi connectivity index (χ3v) is 9.16. The summed E-state index contributed by atoms with van der Waals surface area (Å²) in [4.78, 5) is 1.22. The number of hydrogen-bond donors (Lipinski definition) is 0. The van der Waals surface area contributed by atoms with E-state index in [1.54, 1.807) is 24.3 Å². The van der Waals surface area contributed by atoms with Gasteiger partial charge in [0.05, 0.1) is 23.3 Å². The van der Waals surface area contributed by atoms with E-state index in [1.165, 1.54) is 4.90 Å². The van der Waals surface area contributed by atoms with Crippen LogP contribution in [0.25, 0.3) is 55.3 Å². The molecule has 0 saturated heterocycles. The zero-order valence-corrected chi connectivity index (χ0v) is 27.0. The maximum atomic E-state index is 9.79. The largest absolute Gasteiger partial charge is 0.310 e. The second-order valence-electron chi connectivity index (χ2n) is 12.5. The van der Waals surface area contributed by atoms with Crippen LogP contribution in [0.1, 0.15) is 48.3 Å². The Morgan fingerprint density at radius 2 is 1.04 bits per heavy atom. The summed E-state index contributed by atoms with van der Waals surface area (Å²) in [6.45, 7) is 4.05. The second-order valence-corrected chi connectivity index (χ2v) is 12.5. The summed E-state index contributed by atoms with van der Waals surface area (Å²) in [5, 5.41) is 1.66. The molecule has 8 aromatic rings. The Hall–Kier alpha value is -6.18. The molecule has 9 rings (SSSR count). The normalized spacial score (nSPS) is 17.5. The van der Waals surface area contributed by atoms with Gasteiger partial charge in [-0.3, -0.25) is 0 Å². The first-order chi connectivity index (χ1) is 31.6. The maximum Gasteiger partial charge on any atom is 0.0651 e. The Balaban J connectivity index is 1.33. The molecular weight excluding hydrogens is 603 g/mol. The standard InChI is InChI=1S/C49H37N/c1-49(2)47-18-9-8-17-45(47)46-30-29-44(33-48(46)49)50(43-16-10-15-40(32-43)41-24-23-35-13-6-7-14-39(35)31-41)42-27-25-38(26-28-42)37-21-19-36(20-22-37)34-11-4-3-5-12-34/h3-33H,1-2H3/i3D,4D,5D,10D,11D,12D,15D,16D,19D,20D,21D,22D,25D,26D,27D,28D,32D. The van der Waals surface area contributed by atoms with E-state index in [0.717, 1.165) is 33.0 Å². The Bertz CT molecular complexity index is 3400. The van der Waals surface area contributed by atoms with Gasteiger partial charge in [-0.05, 0) is 109 Å². The van der Waals surface area contributed by atoms with Gasteiger partial charge in [0.15, 0.2) is 0 Å². The summed E-state index contributed by atoms with van der Waals surface area (Å²) in [6.07, 6.45) is 0. The molecule has 238 valence electrons. The number of hydrogen-bond acceptors (Lipinski definition) is 1. The smallest absolute Gasteiger partial charge is 0.0651 e. The maximum absolute atomic E-state index is 9.79. The molecule has 0 unspecified atom stereocenters. The number of fused-ring (bicyclic) bond motifs is 4. The molecule has 0 fully saturated rings. The molecule has 1 aliphatic rings. The van der Waals surface area contributed by atoms with Gasteiger partial charge in [-0.2, -0.15) is 0 Å². The number of anilines is 3. The first kappa shape index (κ1) is 17.0. The van der Waals surface area contributed by atoms with E-state index in [0.29, 0.717) is 5.56 Å². The molecule has 8 aromatic carbocycles. The van der Waals surface area contributed by atoms with Crippen LogP contribution in [0.3, 0.4) is 0 Å². The van der Waals surface area contributed by atoms with Gasteiger partial charge in [0, 0.05) is 22.5 Å². The summed E-state index contributed by atoms with van der Waals surface area (Å²) in [5.74, 6) is 0. The van der Waals surface area contributed by atoms with Crippen molar-refractivity contribution in [2.75, 3.05) is 4.90 Å². The van der Waals surface area contributed by atoms with Crippen molar-refractivity contribution in [1.82, 2.24) is 0 Å². The minimum atomic E-state index is -0.861. The van der Waals surface area contributed by atoms with Gasteiger partial charge in [0.2, 0.25) is 0 Å². The SMILES string of the molecule is [2H]c1c([2H])c([2H])c(-c2c([2H])c([2H])c(-c3c([2H])c([2H])c(N(c4ccc5c(c4)C(C)(C)c4ccccc4-5)c4c([2H])c([2H])c([2H])c(-c5ccc6ccccc6c5)c4[2H])c([2H])c3[2H])c([2H])c2[2H])c([2H])c1[2H]. The minimum Gasteiger partial charge on any atom is -0.310 e. The lowest BCUT2D eigenvalue weighted by molar-refractivity contribution is 0.660. The molecule has 0 saturated carbocycles. The van der Waals surface area contributed by atoms with E-state index in [2.05, 4.69) is 0 Å². The molecule has 0 atom stereocenters. The van der Waals surface area contributed by atoms with E-state index in [1.807, 2.05) is 74.5 Å². The highest BCUT2D eigenvalue weighted by atomic mass is 15.1. The van der Waals surface area contributed by atoms with Gasteiger partial charge in [0.1, 0.15) is 0 Å². The Kier molecular flexibility index (Phi) is 4.09. The third kappa shape index (κ3) is 5.19. The van der Waals surface area contributed by atoms with Crippen molar-refractivity contribution in [2.24, 2.45) is 0 Å². The van der Waals surface area contributed by atoms with E-state index in [4.69, 9.17) is 15.1 Å². The van der Waals surface area contributed by atoms with Crippen molar-refractivity contribution in [1.29, 1.82) is 0 Å². The molecule has 0 spiro atoms. The van der Waals surface area contributed by atoms with Crippen LogP contribution in [0.5, 0.6) is 0 Å².